The average Bonchev–Trinajstić information content (AvgIpc) is 2.67. The molecule has 1 aromatic carbocycles. The van der Waals surface area contributed by atoms with Gasteiger partial charge in [0.2, 0.25) is 15.9 Å². The van der Waals surface area contributed by atoms with Gasteiger partial charge < -0.3 is 10.6 Å². The van der Waals surface area contributed by atoms with Crippen LogP contribution in [0.1, 0.15) is 12.0 Å². The van der Waals surface area contributed by atoms with Crippen molar-refractivity contribution in [1.82, 2.24) is 9.62 Å². The van der Waals surface area contributed by atoms with E-state index in [1.165, 1.54) is 17.9 Å². The molecular weight excluding hydrogens is 285 g/mol. The molecular formula is C12H16FN3O3S. The van der Waals surface area contributed by atoms with Gasteiger partial charge in [0.1, 0.15) is 11.9 Å². The number of halogens is 1. The van der Waals surface area contributed by atoms with Crippen molar-refractivity contribution in [3.63, 3.8) is 0 Å². The number of hydrogen-bond acceptors (Lipinski definition) is 4. The van der Waals surface area contributed by atoms with Crippen LogP contribution < -0.4 is 10.5 Å². The Balaban J connectivity index is 2.30. The lowest BCUT2D eigenvalue weighted by Crippen LogP contribution is -2.40. The number of rotatable bonds is 3. The van der Waals surface area contributed by atoms with Crippen molar-refractivity contribution in [2.45, 2.75) is 24.3 Å². The maximum absolute atomic E-state index is 13.6. The minimum absolute atomic E-state index is 0.0558. The van der Waals surface area contributed by atoms with Gasteiger partial charge in [-0.3, -0.25) is 4.79 Å². The number of nitrogens with zero attached hydrogens (tertiary/aromatic N) is 1. The number of likely N-dealkylation sites (N-methyl/N-ethyl adjacent to an activating group) is 1. The maximum Gasteiger partial charge on any atom is 0.241 e. The van der Waals surface area contributed by atoms with Crippen LogP contribution in [0.3, 0.4) is 0 Å². The zero-order valence-electron chi connectivity index (χ0n) is 11.2. The van der Waals surface area contributed by atoms with E-state index in [9.17, 15) is 17.6 Å². The van der Waals surface area contributed by atoms with Crippen LogP contribution >= 0.6 is 0 Å². The van der Waals surface area contributed by atoms with Gasteiger partial charge >= 0.3 is 0 Å². The second-order valence-electron chi connectivity index (χ2n) is 4.84. The summed E-state index contributed by atoms with van der Waals surface area (Å²) in [5.74, 6) is -0.991. The van der Waals surface area contributed by atoms with E-state index in [-0.39, 0.29) is 22.1 Å². The number of anilines is 1. The molecule has 20 heavy (non-hydrogen) atoms. The minimum Gasteiger partial charge on any atom is -0.398 e. The van der Waals surface area contributed by atoms with Gasteiger partial charge in [-0.05, 0) is 25.5 Å². The predicted molar refractivity (Wildman–Crippen MR) is 71.9 cm³/mol. The predicted octanol–water partition coefficient (Wildman–Crippen LogP) is 0.225. The van der Waals surface area contributed by atoms with Crippen molar-refractivity contribution in [3.05, 3.63) is 23.5 Å². The zero-order chi connectivity index (χ0) is 15.1. The molecule has 0 saturated carbocycles. The number of likely N-dealkylation sites (tertiary alicyclic amines) is 1. The largest absolute Gasteiger partial charge is 0.398 e. The fourth-order valence-electron chi connectivity index (χ4n) is 2.02. The highest BCUT2D eigenvalue weighted by atomic mass is 32.2. The first-order valence-corrected chi connectivity index (χ1v) is 7.53. The normalized spacial score (nSPS) is 19.6. The summed E-state index contributed by atoms with van der Waals surface area (Å²) in [5, 5.41) is 0. The second kappa shape index (κ2) is 5.02. The van der Waals surface area contributed by atoms with Crippen molar-refractivity contribution in [3.8, 4) is 0 Å². The molecule has 1 saturated heterocycles. The van der Waals surface area contributed by atoms with Crippen LogP contribution in [0.5, 0.6) is 0 Å². The third-order valence-corrected chi connectivity index (χ3v) is 4.84. The smallest absolute Gasteiger partial charge is 0.241 e. The molecule has 1 heterocycles. The number of amides is 1. The molecule has 0 radical (unpaired) electrons. The lowest BCUT2D eigenvalue weighted by molar-refractivity contribution is -0.127. The van der Waals surface area contributed by atoms with Crippen molar-refractivity contribution < 1.29 is 17.6 Å². The summed E-state index contributed by atoms with van der Waals surface area (Å²) in [5.41, 5.74) is 5.82. The molecule has 0 aliphatic carbocycles. The Bertz CT molecular complexity index is 637. The van der Waals surface area contributed by atoms with E-state index in [2.05, 4.69) is 4.72 Å². The Labute approximate surface area is 116 Å². The average molecular weight is 301 g/mol. The molecule has 1 unspecified atom stereocenters. The van der Waals surface area contributed by atoms with E-state index >= 15 is 0 Å². The SMILES string of the molecule is Cc1c(N)cc(S(=O)(=O)NC2CCN(C)C2=O)cc1F. The summed E-state index contributed by atoms with van der Waals surface area (Å²) in [6, 6.07) is 1.27. The van der Waals surface area contributed by atoms with Gasteiger partial charge in [-0.1, -0.05) is 0 Å². The van der Waals surface area contributed by atoms with Crippen LogP contribution in [-0.4, -0.2) is 38.9 Å². The molecule has 2 rings (SSSR count). The summed E-state index contributed by atoms with van der Waals surface area (Å²) in [6.45, 7) is 1.94. The number of sulfonamides is 1. The van der Waals surface area contributed by atoms with E-state index in [1.807, 2.05) is 0 Å². The van der Waals surface area contributed by atoms with Crippen LogP contribution in [0.4, 0.5) is 10.1 Å². The van der Waals surface area contributed by atoms with Crippen LogP contribution in [-0.2, 0) is 14.8 Å². The molecule has 110 valence electrons. The summed E-state index contributed by atoms with van der Waals surface area (Å²) in [4.78, 5) is 12.9. The summed E-state index contributed by atoms with van der Waals surface area (Å²) in [7, 11) is -2.38. The molecule has 3 N–H and O–H groups in total. The van der Waals surface area contributed by atoms with Gasteiger partial charge in [0.05, 0.1) is 4.90 Å². The van der Waals surface area contributed by atoms with Crippen molar-refractivity contribution in [2.24, 2.45) is 0 Å². The molecule has 6 nitrogen and oxygen atoms in total. The van der Waals surface area contributed by atoms with Gasteiger partial charge in [0.25, 0.3) is 0 Å². The lowest BCUT2D eigenvalue weighted by Gasteiger charge is -2.13. The Kier molecular flexibility index (Phi) is 3.70. The number of carbonyl (C=O) groups is 1. The molecule has 0 spiro atoms. The minimum atomic E-state index is -3.98. The fourth-order valence-corrected chi connectivity index (χ4v) is 3.29. The molecule has 0 bridgehead atoms. The molecule has 1 amide bonds. The Morgan fingerprint density at radius 2 is 2.10 bits per heavy atom. The highest BCUT2D eigenvalue weighted by Crippen LogP contribution is 2.22. The van der Waals surface area contributed by atoms with E-state index in [0.717, 1.165) is 6.07 Å². The number of carbonyl (C=O) groups excluding carboxylic acids is 1. The Morgan fingerprint density at radius 1 is 1.45 bits per heavy atom. The van der Waals surface area contributed by atoms with Gasteiger partial charge in [0, 0.05) is 24.8 Å². The Morgan fingerprint density at radius 3 is 2.60 bits per heavy atom. The lowest BCUT2D eigenvalue weighted by atomic mass is 10.2. The summed E-state index contributed by atoms with van der Waals surface area (Å²) >= 11 is 0. The third kappa shape index (κ3) is 2.61. The quantitative estimate of drug-likeness (QED) is 0.781. The van der Waals surface area contributed by atoms with E-state index in [0.29, 0.717) is 13.0 Å². The molecule has 1 aromatic rings. The first kappa shape index (κ1) is 14.7. The first-order valence-electron chi connectivity index (χ1n) is 6.05. The third-order valence-electron chi connectivity index (χ3n) is 3.39. The summed E-state index contributed by atoms with van der Waals surface area (Å²) in [6.07, 6.45) is 0.387. The van der Waals surface area contributed by atoms with E-state index < -0.39 is 21.9 Å². The number of hydrogen-bond donors (Lipinski definition) is 2. The topological polar surface area (TPSA) is 92.5 Å². The van der Waals surface area contributed by atoms with Crippen molar-refractivity contribution >= 4 is 21.6 Å². The van der Waals surface area contributed by atoms with E-state index in [4.69, 9.17) is 5.73 Å². The van der Waals surface area contributed by atoms with Crippen LogP contribution in [0.2, 0.25) is 0 Å². The maximum atomic E-state index is 13.6. The fraction of sp³-hybridized carbons (Fsp3) is 0.417. The van der Waals surface area contributed by atoms with E-state index in [1.54, 1.807) is 7.05 Å². The second-order valence-corrected chi connectivity index (χ2v) is 6.56. The highest BCUT2D eigenvalue weighted by molar-refractivity contribution is 7.89. The van der Waals surface area contributed by atoms with Crippen molar-refractivity contribution in [2.75, 3.05) is 19.3 Å². The first-order chi connectivity index (χ1) is 9.22. The molecule has 1 aliphatic heterocycles. The van der Waals surface area contributed by atoms with Crippen molar-refractivity contribution in [1.29, 1.82) is 0 Å². The number of benzene rings is 1. The standard InChI is InChI=1S/C12H16FN3O3S/c1-7-9(13)5-8(6-10(7)14)20(18,19)15-11-3-4-16(2)12(11)17/h5-6,11,15H,3-4,14H2,1-2H3. The van der Waals surface area contributed by atoms with Crippen LogP contribution in [0, 0.1) is 12.7 Å². The van der Waals surface area contributed by atoms with Crippen LogP contribution in [0.25, 0.3) is 0 Å². The highest BCUT2D eigenvalue weighted by Gasteiger charge is 2.33. The number of nitrogen functional groups attached to an aromatic ring is 1. The van der Waals surface area contributed by atoms with Gasteiger partial charge in [-0.25, -0.2) is 12.8 Å². The van der Waals surface area contributed by atoms with Gasteiger partial charge in [-0.15, -0.1) is 0 Å². The molecule has 8 heteroatoms. The van der Waals surface area contributed by atoms with Crippen LogP contribution in [0.15, 0.2) is 17.0 Å². The Hall–Kier alpha value is -1.67. The van der Waals surface area contributed by atoms with Gasteiger partial charge in [-0.2, -0.15) is 4.72 Å². The number of nitrogens with two attached hydrogens (primary N) is 1. The molecule has 1 fully saturated rings. The monoisotopic (exact) mass is 301 g/mol. The van der Waals surface area contributed by atoms with Gasteiger partial charge in [0.15, 0.2) is 0 Å². The molecule has 0 aromatic heterocycles. The summed E-state index contributed by atoms with van der Waals surface area (Å²) < 4.78 is 40.2. The molecule has 1 atom stereocenters. The molecule has 1 aliphatic rings. The zero-order valence-corrected chi connectivity index (χ0v) is 12.0. The number of nitrogens with one attached hydrogen (secondary N) is 1.